The first-order valence-electron chi connectivity index (χ1n) is 9.83. The maximum atomic E-state index is 11.4. The number of likely N-dealkylation sites (tertiary alicyclic amines) is 1. The van der Waals surface area contributed by atoms with E-state index in [0.29, 0.717) is 24.7 Å². The van der Waals surface area contributed by atoms with E-state index in [2.05, 4.69) is 0 Å². The van der Waals surface area contributed by atoms with Crippen LogP contribution in [-0.4, -0.2) is 42.6 Å². The van der Waals surface area contributed by atoms with E-state index in [4.69, 9.17) is 30.5 Å². The number of benzene rings is 2. The number of amides is 1. The molecule has 1 saturated heterocycles. The van der Waals surface area contributed by atoms with Crippen LogP contribution in [0.15, 0.2) is 52.9 Å². The van der Waals surface area contributed by atoms with E-state index < -0.39 is 5.37 Å². The number of piperidine rings is 1. The summed E-state index contributed by atoms with van der Waals surface area (Å²) in [4.78, 5) is 17.9. The summed E-state index contributed by atoms with van der Waals surface area (Å²) >= 11 is 5.62. The van der Waals surface area contributed by atoms with Crippen LogP contribution in [-0.2, 0) is 0 Å². The number of hydrogen-bond acceptors (Lipinski definition) is 5. The van der Waals surface area contributed by atoms with E-state index in [0.717, 1.165) is 41.2 Å². The molecule has 0 radical (unpaired) electrons. The number of oxazole rings is 1. The summed E-state index contributed by atoms with van der Waals surface area (Å²) in [6, 6.07) is 15.5. The molecule has 0 atom stereocenters. The molecule has 0 bridgehead atoms. The molecule has 1 amide bonds. The second-order valence-electron chi connectivity index (χ2n) is 7.20. The molecule has 2 heterocycles. The topological polar surface area (TPSA) is 64.8 Å². The van der Waals surface area contributed by atoms with Gasteiger partial charge in [-0.05, 0) is 73.0 Å². The summed E-state index contributed by atoms with van der Waals surface area (Å²) < 4.78 is 16.8. The van der Waals surface area contributed by atoms with Crippen molar-refractivity contribution in [1.29, 1.82) is 0 Å². The number of methoxy groups -OCH3 is 2. The van der Waals surface area contributed by atoms with E-state index >= 15 is 0 Å². The second kappa shape index (κ2) is 8.79. The molecule has 7 heteroatoms. The molecule has 3 aromatic rings. The van der Waals surface area contributed by atoms with Crippen LogP contribution in [0.5, 0.6) is 11.5 Å². The number of nitrogens with zero attached hydrogens (tertiary/aromatic N) is 2. The number of rotatable bonds is 5. The van der Waals surface area contributed by atoms with Gasteiger partial charge in [-0.25, -0.2) is 4.98 Å². The Kier molecular flexibility index (Phi) is 5.95. The van der Waals surface area contributed by atoms with Gasteiger partial charge < -0.3 is 18.8 Å². The molecule has 1 fully saturated rings. The fourth-order valence-electron chi connectivity index (χ4n) is 3.70. The van der Waals surface area contributed by atoms with E-state index in [1.54, 1.807) is 19.1 Å². The molecule has 1 aliphatic rings. The molecule has 0 unspecified atom stereocenters. The third kappa shape index (κ3) is 4.14. The smallest absolute Gasteiger partial charge is 0.316 e. The highest BCUT2D eigenvalue weighted by Gasteiger charge is 2.28. The van der Waals surface area contributed by atoms with Gasteiger partial charge in [0.25, 0.3) is 0 Å². The third-order valence-corrected chi connectivity index (χ3v) is 5.69. The highest BCUT2D eigenvalue weighted by atomic mass is 35.5. The summed E-state index contributed by atoms with van der Waals surface area (Å²) in [7, 11) is 3.28. The zero-order valence-corrected chi connectivity index (χ0v) is 17.7. The number of halogens is 1. The number of hydrogen-bond donors (Lipinski definition) is 0. The van der Waals surface area contributed by atoms with E-state index in [9.17, 15) is 4.79 Å². The zero-order chi connectivity index (χ0) is 21.1. The Morgan fingerprint density at radius 1 is 0.967 bits per heavy atom. The van der Waals surface area contributed by atoms with Gasteiger partial charge in [0.05, 0.1) is 14.2 Å². The Morgan fingerprint density at radius 2 is 1.50 bits per heavy atom. The van der Waals surface area contributed by atoms with Crippen molar-refractivity contribution in [1.82, 2.24) is 9.88 Å². The molecule has 30 heavy (non-hydrogen) atoms. The van der Waals surface area contributed by atoms with Crippen LogP contribution in [0.4, 0.5) is 4.79 Å². The largest absolute Gasteiger partial charge is 0.497 e. The Labute approximate surface area is 180 Å². The van der Waals surface area contributed by atoms with Crippen LogP contribution in [0.3, 0.4) is 0 Å². The van der Waals surface area contributed by atoms with Crippen LogP contribution in [0.2, 0.25) is 0 Å². The monoisotopic (exact) mass is 426 g/mol. The first-order valence-corrected chi connectivity index (χ1v) is 10.2. The molecule has 6 nitrogen and oxygen atoms in total. The van der Waals surface area contributed by atoms with Gasteiger partial charge in [-0.1, -0.05) is 0 Å². The van der Waals surface area contributed by atoms with Crippen LogP contribution in [0.1, 0.15) is 24.7 Å². The van der Waals surface area contributed by atoms with Gasteiger partial charge in [-0.2, -0.15) is 0 Å². The van der Waals surface area contributed by atoms with Crippen LogP contribution >= 0.6 is 11.6 Å². The second-order valence-corrected chi connectivity index (χ2v) is 7.52. The fourth-order valence-corrected chi connectivity index (χ4v) is 3.87. The van der Waals surface area contributed by atoms with Crippen LogP contribution in [0.25, 0.3) is 22.6 Å². The molecule has 4 rings (SSSR count). The van der Waals surface area contributed by atoms with Crippen molar-refractivity contribution in [3.8, 4) is 34.1 Å². The van der Waals surface area contributed by atoms with Gasteiger partial charge in [-0.3, -0.25) is 4.79 Å². The Bertz CT molecular complexity index is 942. The molecular formula is C23H23ClN2O4. The van der Waals surface area contributed by atoms with Crippen LogP contribution in [0, 0.1) is 0 Å². The molecule has 1 aliphatic heterocycles. The Morgan fingerprint density at radius 3 is 2.00 bits per heavy atom. The summed E-state index contributed by atoms with van der Waals surface area (Å²) in [5.41, 5.74) is 2.66. The highest BCUT2D eigenvalue weighted by Crippen LogP contribution is 2.38. The molecule has 156 valence electrons. The maximum Gasteiger partial charge on any atom is 0.316 e. The average molecular weight is 427 g/mol. The average Bonchev–Trinajstić information content (AvgIpc) is 3.24. The SMILES string of the molecule is COc1ccc(-c2nc(C3CCN(C(=O)Cl)CC3)oc2-c2ccc(OC)cc2)cc1. The lowest BCUT2D eigenvalue weighted by atomic mass is 9.97. The number of carbonyl (C=O) groups is 1. The van der Waals surface area contributed by atoms with Crippen molar-refractivity contribution in [2.24, 2.45) is 0 Å². The minimum atomic E-state index is -0.404. The van der Waals surface area contributed by atoms with Crippen molar-refractivity contribution in [2.75, 3.05) is 27.3 Å². The number of aromatic nitrogens is 1. The van der Waals surface area contributed by atoms with Gasteiger partial charge in [0, 0.05) is 30.1 Å². The van der Waals surface area contributed by atoms with Crippen molar-refractivity contribution in [3.63, 3.8) is 0 Å². The molecule has 2 aromatic carbocycles. The van der Waals surface area contributed by atoms with Gasteiger partial charge in [0.1, 0.15) is 17.2 Å². The van der Waals surface area contributed by atoms with Gasteiger partial charge in [-0.15, -0.1) is 0 Å². The van der Waals surface area contributed by atoms with Gasteiger partial charge in [0.15, 0.2) is 11.7 Å². The quantitative estimate of drug-likeness (QED) is 0.394. The van der Waals surface area contributed by atoms with E-state index in [1.807, 2.05) is 48.5 Å². The predicted molar refractivity (Wildman–Crippen MR) is 115 cm³/mol. The predicted octanol–water partition coefficient (Wildman–Crippen LogP) is 5.56. The normalized spacial score (nSPS) is 14.6. The van der Waals surface area contributed by atoms with Gasteiger partial charge in [0.2, 0.25) is 0 Å². The van der Waals surface area contributed by atoms with Gasteiger partial charge >= 0.3 is 5.37 Å². The minimum Gasteiger partial charge on any atom is -0.497 e. The lowest BCUT2D eigenvalue weighted by Gasteiger charge is -2.28. The van der Waals surface area contributed by atoms with E-state index in [-0.39, 0.29) is 5.92 Å². The lowest BCUT2D eigenvalue weighted by Crippen LogP contribution is -2.34. The summed E-state index contributed by atoms with van der Waals surface area (Å²) in [6.07, 6.45) is 1.53. The molecule has 0 saturated carbocycles. The molecular weight excluding hydrogens is 404 g/mol. The first kappa shape index (κ1) is 20.3. The van der Waals surface area contributed by atoms with Crippen molar-refractivity contribution >= 4 is 17.0 Å². The molecule has 1 aromatic heterocycles. The van der Waals surface area contributed by atoms with E-state index in [1.165, 1.54) is 0 Å². The van der Waals surface area contributed by atoms with Crippen molar-refractivity contribution < 1.29 is 18.7 Å². The zero-order valence-electron chi connectivity index (χ0n) is 16.9. The molecule has 0 aliphatic carbocycles. The standard InChI is InChI=1S/C23H23ClN2O4/c1-28-18-7-3-15(4-8-18)20-21(16-5-9-19(29-2)10-6-16)30-22(25-20)17-11-13-26(14-12-17)23(24)27/h3-10,17H,11-14H2,1-2H3. The fraction of sp³-hybridized carbons (Fsp3) is 0.304. The first-order chi connectivity index (χ1) is 14.6. The molecule has 0 N–H and O–H groups in total. The summed E-state index contributed by atoms with van der Waals surface area (Å²) in [5, 5.41) is -0.404. The number of carbonyl (C=O) groups excluding carboxylic acids is 1. The lowest BCUT2D eigenvalue weighted by molar-refractivity contribution is 0.199. The Hall–Kier alpha value is -2.99. The number of ether oxygens (including phenoxy) is 2. The van der Waals surface area contributed by atoms with Crippen LogP contribution < -0.4 is 9.47 Å². The van der Waals surface area contributed by atoms with Crippen molar-refractivity contribution in [2.45, 2.75) is 18.8 Å². The highest BCUT2D eigenvalue weighted by molar-refractivity contribution is 6.62. The molecule has 0 spiro atoms. The van der Waals surface area contributed by atoms with Crippen molar-refractivity contribution in [3.05, 3.63) is 54.4 Å². The summed E-state index contributed by atoms with van der Waals surface area (Å²) in [5.74, 6) is 3.11. The third-order valence-electron chi connectivity index (χ3n) is 5.45. The summed E-state index contributed by atoms with van der Waals surface area (Å²) in [6.45, 7) is 1.20. The Balaban J connectivity index is 1.70. The minimum absolute atomic E-state index is 0.140. The maximum absolute atomic E-state index is 11.4.